The molecule has 0 atom stereocenters. The second-order valence-electron chi connectivity index (χ2n) is 2.92. The first kappa shape index (κ1) is 13.6. The van der Waals surface area contributed by atoms with Crippen LogP contribution in [-0.2, 0) is 14.3 Å². The van der Waals surface area contributed by atoms with E-state index in [0.29, 0.717) is 31.5 Å². The third-order valence-electron chi connectivity index (χ3n) is 1.88. The van der Waals surface area contributed by atoms with Crippen LogP contribution >= 0.6 is 0 Å². The molecule has 0 saturated carbocycles. The molecule has 0 spiro atoms. The minimum atomic E-state index is -0.896. The van der Waals surface area contributed by atoms with Crippen molar-refractivity contribution in [2.24, 2.45) is 0 Å². The third-order valence-corrected chi connectivity index (χ3v) is 1.88. The van der Waals surface area contributed by atoms with Gasteiger partial charge in [-0.3, -0.25) is 4.79 Å². The first-order valence-corrected chi connectivity index (χ1v) is 4.81. The molecule has 5 nitrogen and oxygen atoms in total. The summed E-state index contributed by atoms with van der Waals surface area (Å²) in [6, 6.07) is 0. The number of hydrogen-bond donors (Lipinski definition) is 2. The predicted octanol–water partition coefficient (Wildman–Crippen LogP) is 0.560. The quantitative estimate of drug-likeness (QED) is 0.368. The van der Waals surface area contributed by atoms with Crippen LogP contribution in [0.15, 0.2) is 11.6 Å². The molecule has 0 amide bonds. The number of hydrogen-bond acceptors (Lipinski definition) is 4. The lowest BCUT2D eigenvalue weighted by Crippen LogP contribution is -2.19. The summed E-state index contributed by atoms with van der Waals surface area (Å²) in [6.45, 7) is 2.72. The van der Waals surface area contributed by atoms with E-state index in [0.717, 1.165) is 0 Å². The van der Waals surface area contributed by atoms with Crippen molar-refractivity contribution in [3.63, 3.8) is 0 Å². The number of rotatable bonds is 7. The third kappa shape index (κ3) is 6.68. The van der Waals surface area contributed by atoms with Crippen molar-refractivity contribution in [1.29, 1.82) is 0 Å². The molecule has 0 aliphatic heterocycles. The van der Waals surface area contributed by atoms with Gasteiger partial charge in [0.05, 0.1) is 13.5 Å². The Bertz CT molecular complexity index is 248. The number of carbonyl (C=O) groups is 2. The molecule has 2 N–H and O–H groups in total. The molecule has 0 bridgehead atoms. The van der Waals surface area contributed by atoms with Crippen LogP contribution in [0.1, 0.15) is 19.8 Å². The van der Waals surface area contributed by atoms with Gasteiger partial charge in [0.1, 0.15) is 0 Å². The summed E-state index contributed by atoms with van der Waals surface area (Å²) in [5.41, 5.74) is 0.376. The van der Waals surface area contributed by atoms with Gasteiger partial charge in [0.15, 0.2) is 0 Å². The Morgan fingerprint density at radius 1 is 1.47 bits per heavy atom. The van der Waals surface area contributed by atoms with Gasteiger partial charge in [-0.15, -0.1) is 0 Å². The summed E-state index contributed by atoms with van der Waals surface area (Å²) in [7, 11) is 1.34. The van der Waals surface area contributed by atoms with E-state index in [1.54, 1.807) is 13.0 Å². The molecule has 0 aromatic carbocycles. The Labute approximate surface area is 89.1 Å². The summed E-state index contributed by atoms with van der Waals surface area (Å²) in [4.78, 5) is 21.3. The maximum atomic E-state index is 10.7. The zero-order valence-electron chi connectivity index (χ0n) is 9.08. The van der Waals surface area contributed by atoms with E-state index in [2.05, 4.69) is 10.1 Å². The fourth-order valence-electron chi connectivity index (χ4n) is 0.973. The van der Waals surface area contributed by atoms with Crippen molar-refractivity contribution in [2.75, 3.05) is 20.2 Å². The number of methoxy groups -OCH3 is 1. The van der Waals surface area contributed by atoms with Crippen molar-refractivity contribution in [3.8, 4) is 0 Å². The fraction of sp³-hybridized carbons (Fsp3) is 0.600. The minimum Gasteiger partial charge on any atom is -0.478 e. The van der Waals surface area contributed by atoms with Gasteiger partial charge in [-0.2, -0.15) is 0 Å². The molecule has 15 heavy (non-hydrogen) atoms. The van der Waals surface area contributed by atoms with Crippen molar-refractivity contribution in [3.05, 3.63) is 11.6 Å². The maximum absolute atomic E-state index is 10.7. The number of esters is 1. The Hall–Kier alpha value is -1.36. The van der Waals surface area contributed by atoms with Crippen LogP contribution in [0.4, 0.5) is 0 Å². The lowest BCUT2D eigenvalue weighted by molar-refractivity contribution is -0.140. The average Bonchev–Trinajstić information content (AvgIpc) is 2.22. The van der Waals surface area contributed by atoms with E-state index < -0.39 is 5.97 Å². The van der Waals surface area contributed by atoms with Crippen LogP contribution in [0, 0.1) is 0 Å². The van der Waals surface area contributed by atoms with Crippen LogP contribution in [0.5, 0.6) is 0 Å². The van der Waals surface area contributed by atoms with Crippen LogP contribution in [0.2, 0.25) is 0 Å². The summed E-state index contributed by atoms with van der Waals surface area (Å²) in [5.74, 6) is -1.17. The lowest BCUT2D eigenvalue weighted by Gasteiger charge is -2.01. The number of carboxylic acids is 1. The van der Waals surface area contributed by atoms with Gasteiger partial charge in [-0.25, -0.2) is 4.79 Å². The number of aliphatic carboxylic acids is 1. The highest BCUT2D eigenvalue weighted by molar-refractivity contribution is 5.86. The molecular formula is C10H17NO4. The Morgan fingerprint density at radius 2 is 2.13 bits per heavy atom. The molecule has 0 saturated heterocycles. The van der Waals surface area contributed by atoms with Crippen molar-refractivity contribution >= 4 is 11.9 Å². The Morgan fingerprint density at radius 3 is 2.60 bits per heavy atom. The molecular weight excluding hydrogens is 198 g/mol. The summed E-state index contributed by atoms with van der Waals surface area (Å²) in [6.07, 6.45) is 2.40. The zero-order valence-corrected chi connectivity index (χ0v) is 9.08. The highest BCUT2D eigenvalue weighted by Gasteiger charge is 2.02. The molecule has 5 heteroatoms. The number of carbonyl (C=O) groups excluding carboxylic acids is 1. The molecule has 0 radical (unpaired) electrons. The van der Waals surface area contributed by atoms with E-state index in [-0.39, 0.29) is 5.97 Å². The van der Waals surface area contributed by atoms with Gasteiger partial charge in [-0.1, -0.05) is 13.0 Å². The lowest BCUT2D eigenvalue weighted by atomic mass is 10.2. The van der Waals surface area contributed by atoms with E-state index >= 15 is 0 Å². The van der Waals surface area contributed by atoms with E-state index in [4.69, 9.17) is 5.11 Å². The monoisotopic (exact) mass is 215 g/mol. The predicted molar refractivity (Wildman–Crippen MR) is 55.5 cm³/mol. The van der Waals surface area contributed by atoms with Gasteiger partial charge >= 0.3 is 11.9 Å². The van der Waals surface area contributed by atoms with E-state index in [1.807, 2.05) is 0 Å². The molecule has 0 fully saturated rings. The standard InChI is InChI=1S/C10H17NO4/c1-3-8(10(13)14)4-6-11-7-5-9(12)15-2/h4,11H,3,5-7H2,1-2H3,(H,13,14). The van der Waals surface area contributed by atoms with Gasteiger partial charge in [0.25, 0.3) is 0 Å². The highest BCUT2D eigenvalue weighted by atomic mass is 16.5. The second-order valence-corrected chi connectivity index (χ2v) is 2.92. The topological polar surface area (TPSA) is 75.6 Å². The van der Waals surface area contributed by atoms with Gasteiger partial charge in [-0.05, 0) is 6.42 Å². The molecule has 0 aliphatic rings. The summed E-state index contributed by atoms with van der Waals surface area (Å²) in [5, 5.41) is 11.6. The second kappa shape index (κ2) is 7.99. The normalized spacial score (nSPS) is 11.2. The van der Waals surface area contributed by atoms with Crippen LogP contribution < -0.4 is 5.32 Å². The molecule has 0 aromatic heterocycles. The molecule has 0 unspecified atom stereocenters. The van der Waals surface area contributed by atoms with Crippen molar-refractivity contribution in [2.45, 2.75) is 19.8 Å². The number of nitrogens with one attached hydrogen (secondary N) is 1. The smallest absolute Gasteiger partial charge is 0.331 e. The first-order valence-electron chi connectivity index (χ1n) is 4.81. The molecule has 0 heterocycles. The SMILES string of the molecule is CCC(=CCNCCC(=O)OC)C(=O)O. The van der Waals surface area contributed by atoms with Crippen molar-refractivity contribution < 1.29 is 19.4 Å². The average molecular weight is 215 g/mol. The molecule has 0 aromatic rings. The number of carboxylic acid groups (broad SMARTS) is 1. The van der Waals surface area contributed by atoms with E-state index in [9.17, 15) is 9.59 Å². The largest absolute Gasteiger partial charge is 0.478 e. The van der Waals surface area contributed by atoms with Crippen LogP contribution in [0.25, 0.3) is 0 Å². The minimum absolute atomic E-state index is 0.277. The fourth-order valence-corrected chi connectivity index (χ4v) is 0.973. The van der Waals surface area contributed by atoms with Gasteiger partial charge in [0.2, 0.25) is 0 Å². The van der Waals surface area contributed by atoms with Crippen LogP contribution in [0.3, 0.4) is 0 Å². The Kier molecular flexibility index (Phi) is 7.27. The first-order chi connectivity index (χ1) is 7.11. The zero-order chi connectivity index (χ0) is 11.7. The van der Waals surface area contributed by atoms with Gasteiger partial charge in [0, 0.05) is 18.7 Å². The molecule has 86 valence electrons. The summed E-state index contributed by atoms with van der Waals surface area (Å²) >= 11 is 0. The molecule has 0 rings (SSSR count). The van der Waals surface area contributed by atoms with Crippen LogP contribution in [-0.4, -0.2) is 37.2 Å². The molecule has 0 aliphatic carbocycles. The maximum Gasteiger partial charge on any atom is 0.331 e. The Balaban J connectivity index is 3.68. The highest BCUT2D eigenvalue weighted by Crippen LogP contribution is 1.98. The summed E-state index contributed by atoms with van der Waals surface area (Å²) < 4.78 is 4.45. The van der Waals surface area contributed by atoms with Crippen molar-refractivity contribution in [1.82, 2.24) is 5.32 Å². The van der Waals surface area contributed by atoms with Gasteiger partial charge < -0.3 is 15.2 Å². The van der Waals surface area contributed by atoms with E-state index in [1.165, 1.54) is 7.11 Å². The number of ether oxygens (including phenoxy) is 1.